The first-order chi connectivity index (χ1) is 17.5. The van der Waals surface area contributed by atoms with Gasteiger partial charge in [0.15, 0.2) is 0 Å². The van der Waals surface area contributed by atoms with E-state index < -0.39 is 11.9 Å². The summed E-state index contributed by atoms with van der Waals surface area (Å²) in [6.07, 6.45) is 2.05. The molecule has 0 saturated carbocycles. The van der Waals surface area contributed by atoms with Gasteiger partial charge in [-0.3, -0.25) is 9.59 Å². The normalized spacial score (nSPS) is 14.7. The fourth-order valence-corrected chi connectivity index (χ4v) is 4.59. The van der Waals surface area contributed by atoms with Crippen LogP contribution in [0.3, 0.4) is 0 Å². The van der Waals surface area contributed by atoms with Crippen molar-refractivity contribution in [2.24, 2.45) is 5.73 Å². The summed E-state index contributed by atoms with van der Waals surface area (Å²) in [4.78, 5) is 28.1. The quantitative estimate of drug-likeness (QED) is 0.453. The first-order valence-corrected chi connectivity index (χ1v) is 11.5. The van der Waals surface area contributed by atoms with E-state index in [9.17, 15) is 9.59 Å². The number of carbonyl (C=O) groups is 2. The molecule has 2 amide bonds. The van der Waals surface area contributed by atoms with Crippen LogP contribution in [-0.4, -0.2) is 46.8 Å². The zero-order valence-corrected chi connectivity index (χ0v) is 20.0. The average molecular weight is 483 g/mol. The van der Waals surface area contributed by atoms with E-state index in [0.717, 1.165) is 16.8 Å². The summed E-state index contributed by atoms with van der Waals surface area (Å²) in [7, 11) is 3.13. The number of amides is 2. The van der Waals surface area contributed by atoms with E-state index >= 15 is 0 Å². The Morgan fingerprint density at radius 1 is 0.944 bits per heavy atom. The molecule has 1 aromatic heterocycles. The second kappa shape index (κ2) is 9.58. The van der Waals surface area contributed by atoms with Crippen LogP contribution in [0.5, 0.6) is 11.5 Å². The molecule has 2 heterocycles. The maximum atomic E-state index is 14.1. The number of nitrogens with two attached hydrogens (primary N) is 1. The molecule has 1 aliphatic rings. The number of benzene rings is 3. The van der Waals surface area contributed by atoms with Crippen LogP contribution in [0.1, 0.15) is 21.5 Å². The molecule has 36 heavy (non-hydrogen) atoms. The number of hydrogen-bond donors (Lipinski definition) is 1. The third kappa shape index (κ3) is 4.17. The molecular formula is C28H26N4O4. The monoisotopic (exact) mass is 482 g/mol. The summed E-state index contributed by atoms with van der Waals surface area (Å²) in [6.45, 7) is 0.272. The molecule has 4 aromatic rings. The third-order valence-electron chi connectivity index (χ3n) is 6.46. The summed E-state index contributed by atoms with van der Waals surface area (Å²) in [5.74, 6) is 0.253. The highest BCUT2D eigenvalue weighted by atomic mass is 16.5. The second-order valence-electron chi connectivity index (χ2n) is 8.56. The lowest BCUT2D eigenvalue weighted by molar-refractivity contribution is -0.122. The van der Waals surface area contributed by atoms with Crippen LogP contribution in [0.15, 0.2) is 79.0 Å². The van der Waals surface area contributed by atoms with Crippen molar-refractivity contribution >= 4 is 11.8 Å². The van der Waals surface area contributed by atoms with E-state index in [1.165, 1.54) is 4.90 Å². The first-order valence-electron chi connectivity index (χ1n) is 11.5. The fourth-order valence-electron chi connectivity index (χ4n) is 4.59. The van der Waals surface area contributed by atoms with Gasteiger partial charge in [-0.05, 0) is 41.5 Å². The van der Waals surface area contributed by atoms with E-state index in [1.54, 1.807) is 43.3 Å². The molecule has 2 N–H and O–H groups in total. The second-order valence-corrected chi connectivity index (χ2v) is 8.56. The van der Waals surface area contributed by atoms with Crippen molar-refractivity contribution in [3.05, 3.63) is 95.7 Å². The summed E-state index contributed by atoms with van der Waals surface area (Å²) >= 11 is 0. The zero-order valence-electron chi connectivity index (χ0n) is 20.0. The number of methoxy groups -OCH3 is 2. The zero-order chi connectivity index (χ0) is 25.2. The van der Waals surface area contributed by atoms with Gasteiger partial charge in [-0.25, -0.2) is 4.68 Å². The number of fused-ring (bicyclic) bond motifs is 1. The summed E-state index contributed by atoms with van der Waals surface area (Å²) < 4.78 is 12.7. The summed E-state index contributed by atoms with van der Waals surface area (Å²) in [6, 6.07) is 21.8. The number of para-hydroxylation sites is 1. The molecule has 0 unspecified atom stereocenters. The van der Waals surface area contributed by atoms with Gasteiger partial charge in [0.05, 0.1) is 25.5 Å². The van der Waals surface area contributed by atoms with E-state index in [4.69, 9.17) is 20.3 Å². The van der Waals surface area contributed by atoms with Crippen LogP contribution in [-0.2, 0) is 17.8 Å². The topological polar surface area (TPSA) is 99.7 Å². The molecule has 0 saturated heterocycles. The van der Waals surface area contributed by atoms with Crippen LogP contribution in [0.4, 0.5) is 0 Å². The summed E-state index contributed by atoms with van der Waals surface area (Å²) in [5, 5.41) is 4.78. The Bertz CT molecular complexity index is 1430. The lowest BCUT2D eigenvalue weighted by Gasteiger charge is -2.35. The molecule has 1 aliphatic heterocycles. The van der Waals surface area contributed by atoms with Crippen molar-refractivity contribution in [3.63, 3.8) is 0 Å². The third-order valence-corrected chi connectivity index (χ3v) is 6.46. The molecule has 8 heteroatoms. The van der Waals surface area contributed by atoms with E-state index in [-0.39, 0.29) is 12.5 Å². The Morgan fingerprint density at radius 2 is 1.67 bits per heavy atom. The SMILES string of the molecule is COc1ccc(OC)c(-c2nn(-c3ccccc3)cc2C(=O)N2Cc3ccccc3C[C@H]2C(N)=O)c1. The standard InChI is InChI=1S/C28H26N4O4/c1-35-21-12-13-25(36-2)22(15-21)26-23(17-32(30-26)20-10-4-3-5-11-20)28(34)31-16-19-9-7-6-8-18(19)14-24(31)27(29)33/h3-13,15,17,24H,14,16H2,1-2H3,(H2,29,33)/t24-/m0/s1. The minimum atomic E-state index is -0.771. The predicted molar refractivity (Wildman–Crippen MR) is 135 cm³/mol. The summed E-state index contributed by atoms with van der Waals surface area (Å²) in [5.41, 5.74) is 9.90. The number of carbonyl (C=O) groups excluding carboxylic acids is 2. The molecule has 5 rings (SSSR count). The van der Waals surface area contributed by atoms with Crippen LogP contribution in [0.25, 0.3) is 16.9 Å². The molecule has 8 nitrogen and oxygen atoms in total. The molecule has 0 spiro atoms. The van der Waals surface area contributed by atoms with Crippen molar-refractivity contribution in [1.29, 1.82) is 0 Å². The highest BCUT2D eigenvalue weighted by Crippen LogP contribution is 2.36. The average Bonchev–Trinajstić information content (AvgIpc) is 3.37. The highest BCUT2D eigenvalue weighted by molar-refractivity contribution is 6.02. The number of hydrogen-bond acceptors (Lipinski definition) is 5. The van der Waals surface area contributed by atoms with Crippen LogP contribution >= 0.6 is 0 Å². The molecular weight excluding hydrogens is 456 g/mol. The van der Waals surface area contributed by atoms with Gasteiger partial charge in [-0.1, -0.05) is 42.5 Å². The smallest absolute Gasteiger partial charge is 0.258 e. The van der Waals surface area contributed by atoms with Gasteiger partial charge >= 0.3 is 0 Å². The van der Waals surface area contributed by atoms with Gasteiger partial charge in [0.2, 0.25) is 5.91 Å². The van der Waals surface area contributed by atoms with Crippen molar-refractivity contribution in [2.45, 2.75) is 19.0 Å². The number of ether oxygens (including phenoxy) is 2. The lowest BCUT2D eigenvalue weighted by atomic mass is 9.92. The molecule has 3 aromatic carbocycles. The Morgan fingerprint density at radius 3 is 2.36 bits per heavy atom. The maximum Gasteiger partial charge on any atom is 0.258 e. The number of primary amides is 1. The first kappa shape index (κ1) is 23.2. The Hall–Kier alpha value is -4.59. The van der Waals surface area contributed by atoms with Gasteiger partial charge < -0.3 is 20.1 Å². The predicted octanol–water partition coefficient (Wildman–Crippen LogP) is 3.61. The van der Waals surface area contributed by atoms with Crippen LogP contribution < -0.4 is 15.2 Å². The van der Waals surface area contributed by atoms with E-state index in [0.29, 0.717) is 34.7 Å². The highest BCUT2D eigenvalue weighted by Gasteiger charge is 2.36. The Labute approximate surface area is 208 Å². The molecule has 182 valence electrons. The van der Waals surface area contributed by atoms with Gasteiger partial charge in [0, 0.05) is 24.7 Å². The molecule has 0 fully saturated rings. The Balaban J connectivity index is 1.66. The van der Waals surface area contributed by atoms with Gasteiger partial charge in [-0.2, -0.15) is 5.10 Å². The molecule has 0 bridgehead atoms. The van der Waals surface area contributed by atoms with Gasteiger partial charge in [0.1, 0.15) is 23.2 Å². The van der Waals surface area contributed by atoms with Crippen molar-refractivity contribution in [3.8, 4) is 28.4 Å². The molecule has 1 atom stereocenters. The minimum Gasteiger partial charge on any atom is -0.497 e. The van der Waals surface area contributed by atoms with Gasteiger partial charge in [-0.15, -0.1) is 0 Å². The fraction of sp³-hybridized carbons (Fsp3) is 0.179. The van der Waals surface area contributed by atoms with Crippen molar-refractivity contribution in [1.82, 2.24) is 14.7 Å². The largest absolute Gasteiger partial charge is 0.497 e. The number of aromatic nitrogens is 2. The van der Waals surface area contributed by atoms with Crippen LogP contribution in [0, 0.1) is 0 Å². The van der Waals surface area contributed by atoms with Gasteiger partial charge in [0.25, 0.3) is 5.91 Å². The number of rotatable bonds is 6. The molecule has 0 aliphatic carbocycles. The van der Waals surface area contributed by atoms with E-state index in [1.807, 2.05) is 54.6 Å². The minimum absolute atomic E-state index is 0.272. The molecule has 0 radical (unpaired) electrons. The number of nitrogens with zero attached hydrogens (tertiary/aromatic N) is 3. The van der Waals surface area contributed by atoms with Crippen molar-refractivity contribution in [2.75, 3.05) is 14.2 Å². The van der Waals surface area contributed by atoms with Crippen LogP contribution in [0.2, 0.25) is 0 Å². The Kier molecular flexibility index (Phi) is 6.16. The van der Waals surface area contributed by atoms with Crippen molar-refractivity contribution < 1.29 is 19.1 Å². The maximum absolute atomic E-state index is 14.1. The van der Waals surface area contributed by atoms with E-state index in [2.05, 4.69) is 0 Å². The lowest BCUT2D eigenvalue weighted by Crippen LogP contribution is -2.51.